The van der Waals surface area contributed by atoms with Crippen molar-refractivity contribution in [2.75, 3.05) is 13.7 Å². The lowest BCUT2D eigenvalue weighted by Crippen LogP contribution is -2.43. The van der Waals surface area contributed by atoms with E-state index in [-0.39, 0.29) is 11.5 Å². The van der Waals surface area contributed by atoms with Crippen molar-refractivity contribution in [2.45, 2.75) is 19.9 Å². The third-order valence-electron chi connectivity index (χ3n) is 4.40. The van der Waals surface area contributed by atoms with Crippen LogP contribution in [-0.2, 0) is 0 Å². The van der Waals surface area contributed by atoms with E-state index in [9.17, 15) is 4.79 Å². The molecule has 1 heterocycles. The van der Waals surface area contributed by atoms with Crippen LogP contribution in [-0.4, -0.2) is 24.9 Å². The van der Waals surface area contributed by atoms with Crippen molar-refractivity contribution in [1.82, 2.24) is 5.32 Å². The quantitative estimate of drug-likeness (QED) is 0.891. The molecule has 24 heavy (non-hydrogen) atoms. The first-order valence-electron chi connectivity index (χ1n) is 7.81. The van der Waals surface area contributed by atoms with E-state index in [1.54, 1.807) is 7.11 Å². The second-order valence-corrected chi connectivity index (χ2v) is 6.64. The Labute approximate surface area is 141 Å². The summed E-state index contributed by atoms with van der Waals surface area (Å²) in [6.45, 7) is 4.44. The maximum Gasteiger partial charge on any atom is 0.405 e. The zero-order chi connectivity index (χ0) is 17.3. The fourth-order valence-electron chi connectivity index (χ4n) is 3.03. The van der Waals surface area contributed by atoms with Gasteiger partial charge in [0.2, 0.25) is 0 Å². The van der Waals surface area contributed by atoms with Crippen molar-refractivity contribution in [3.05, 3.63) is 48.0 Å². The van der Waals surface area contributed by atoms with Gasteiger partial charge in [0.05, 0.1) is 19.8 Å². The van der Waals surface area contributed by atoms with E-state index in [4.69, 9.17) is 14.6 Å². The number of carbonyl (C=O) groups is 1. The number of ether oxygens (including phenoxy) is 2. The van der Waals surface area contributed by atoms with Crippen LogP contribution in [0.1, 0.15) is 25.5 Å². The van der Waals surface area contributed by atoms with Crippen LogP contribution in [0.3, 0.4) is 0 Å². The Kier molecular flexibility index (Phi) is 4.09. The molecule has 1 atom stereocenters. The number of hydrogen-bond acceptors (Lipinski definition) is 3. The second-order valence-electron chi connectivity index (χ2n) is 6.64. The van der Waals surface area contributed by atoms with Crippen LogP contribution in [0.25, 0.3) is 11.1 Å². The van der Waals surface area contributed by atoms with E-state index < -0.39 is 6.09 Å². The van der Waals surface area contributed by atoms with Gasteiger partial charge < -0.3 is 19.9 Å². The maximum atomic E-state index is 11.2. The average molecular weight is 327 g/mol. The highest BCUT2D eigenvalue weighted by Crippen LogP contribution is 2.44. The summed E-state index contributed by atoms with van der Waals surface area (Å²) >= 11 is 0. The molecule has 1 amide bonds. The minimum absolute atomic E-state index is 0.302. The highest BCUT2D eigenvalue weighted by atomic mass is 16.5. The zero-order valence-electron chi connectivity index (χ0n) is 14.0. The van der Waals surface area contributed by atoms with Gasteiger partial charge in [-0.25, -0.2) is 4.79 Å². The largest absolute Gasteiger partial charge is 0.497 e. The molecule has 2 N–H and O–H groups in total. The second kappa shape index (κ2) is 6.07. The molecule has 0 aliphatic carbocycles. The lowest BCUT2D eigenvalue weighted by molar-refractivity contribution is 0.0996. The van der Waals surface area contributed by atoms with E-state index in [1.807, 2.05) is 56.3 Å². The molecule has 0 aromatic heterocycles. The van der Waals surface area contributed by atoms with Crippen LogP contribution in [0.4, 0.5) is 4.79 Å². The molecule has 2 aromatic carbocycles. The Morgan fingerprint density at radius 1 is 1.21 bits per heavy atom. The molecule has 5 heteroatoms. The number of rotatable bonds is 3. The van der Waals surface area contributed by atoms with Crippen LogP contribution in [0.5, 0.6) is 11.5 Å². The molecule has 0 fully saturated rings. The fourth-order valence-corrected chi connectivity index (χ4v) is 3.03. The smallest absolute Gasteiger partial charge is 0.405 e. The Balaban J connectivity index is 1.97. The van der Waals surface area contributed by atoms with E-state index in [2.05, 4.69) is 5.32 Å². The van der Waals surface area contributed by atoms with Crippen LogP contribution in [0.15, 0.2) is 42.5 Å². The number of amides is 1. The van der Waals surface area contributed by atoms with Gasteiger partial charge in [-0.15, -0.1) is 0 Å². The zero-order valence-corrected chi connectivity index (χ0v) is 14.0. The molecular weight excluding hydrogens is 306 g/mol. The van der Waals surface area contributed by atoms with Gasteiger partial charge in [0.15, 0.2) is 0 Å². The molecule has 2 aromatic rings. The van der Waals surface area contributed by atoms with Crippen LogP contribution < -0.4 is 14.8 Å². The molecule has 0 saturated carbocycles. The normalized spacial score (nSPS) is 18.2. The summed E-state index contributed by atoms with van der Waals surface area (Å²) in [5.74, 6) is 1.53. The van der Waals surface area contributed by atoms with Crippen LogP contribution in [0, 0.1) is 5.41 Å². The molecule has 0 bridgehead atoms. The molecular formula is C19H21NO4. The number of nitrogens with one attached hydrogen (secondary N) is 1. The first-order valence-corrected chi connectivity index (χ1v) is 7.81. The highest BCUT2D eigenvalue weighted by Gasteiger charge is 2.38. The molecule has 126 valence electrons. The minimum Gasteiger partial charge on any atom is -0.497 e. The summed E-state index contributed by atoms with van der Waals surface area (Å²) in [6.07, 6.45) is -1.03. The van der Waals surface area contributed by atoms with E-state index in [0.717, 1.165) is 28.2 Å². The number of hydrogen-bond donors (Lipinski definition) is 2. The molecule has 0 radical (unpaired) electrons. The third kappa shape index (κ3) is 3.02. The topological polar surface area (TPSA) is 67.8 Å². The number of methoxy groups -OCH3 is 1. The lowest BCUT2D eigenvalue weighted by atomic mass is 9.78. The number of benzene rings is 2. The van der Waals surface area contributed by atoms with Crippen molar-refractivity contribution in [3.63, 3.8) is 0 Å². The maximum absolute atomic E-state index is 11.2. The Morgan fingerprint density at radius 3 is 2.50 bits per heavy atom. The lowest BCUT2D eigenvalue weighted by Gasteiger charge is -2.39. The fraction of sp³-hybridized carbons (Fsp3) is 0.316. The SMILES string of the molecule is COc1ccc(-c2ccc3c(c2)OCC(C)(C)C3NC(=O)O)cc1. The summed E-state index contributed by atoms with van der Waals surface area (Å²) in [5.41, 5.74) is 2.62. The van der Waals surface area contributed by atoms with Gasteiger partial charge in [-0.2, -0.15) is 0 Å². The van der Waals surface area contributed by atoms with Gasteiger partial charge in [-0.1, -0.05) is 38.1 Å². The van der Waals surface area contributed by atoms with Crippen LogP contribution >= 0.6 is 0 Å². The van der Waals surface area contributed by atoms with Gasteiger partial charge in [0.1, 0.15) is 11.5 Å². The molecule has 5 nitrogen and oxygen atoms in total. The number of carboxylic acid groups (broad SMARTS) is 1. The van der Waals surface area contributed by atoms with E-state index in [1.165, 1.54) is 0 Å². The Hall–Kier alpha value is -2.69. The van der Waals surface area contributed by atoms with Crippen molar-refractivity contribution >= 4 is 6.09 Å². The molecule has 3 rings (SSSR count). The van der Waals surface area contributed by atoms with E-state index >= 15 is 0 Å². The standard InChI is InChI=1S/C19H21NO4/c1-19(2)11-24-16-10-13(12-4-7-14(23-3)8-5-12)6-9-15(16)17(19)20-18(21)22/h4-10,17,20H,11H2,1-3H3,(H,21,22). The average Bonchev–Trinajstić information content (AvgIpc) is 2.57. The van der Waals surface area contributed by atoms with E-state index in [0.29, 0.717) is 6.61 Å². The predicted octanol–water partition coefficient (Wildman–Crippen LogP) is 4.09. The monoisotopic (exact) mass is 327 g/mol. The summed E-state index contributed by atoms with van der Waals surface area (Å²) in [6, 6.07) is 13.4. The van der Waals surface area contributed by atoms with Crippen molar-refractivity contribution in [3.8, 4) is 22.6 Å². The van der Waals surface area contributed by atoms with Crippen LogP contribution in [0.2, 0.25) is 0 Å². The summed E-state index contributed by atoms with van der Waals surface area (Å²) in [7, 11) is 1.64. The molecule has 1 unspecified atom stereocenters. The first-order chi connectivity index (χ1) is 11.4. The van der Waals surface area contributed by atoms with Gasteiger partial charge in [0, 0.05) is 11.0 Å². The summed E-state index contributed by atoms with van der Waals surface area (Å²) in [4.78, 5) is 11.2. The predicted molar refractivity (Wildman–Crippen MR) is 91.6 cm³/mol. The molecule has 1 aliphatic rings. The Bertz CT molecular complexity index is 752. The number of fused-ring (bicyclic) bond motifs is 1. The Morgan fingerprint density at radius 2 is 1.88 bits per heavy atom. The minimum atomic E-state index is -1.03. The molecule has 0 saturated heterocycles. The third-order valence-corrected chi connectivity index (χ3v) is 4.40. The van der Waals surface area contributed by atoms with Crippen molar-refractivity contribution in [1.29, 1.82) is 0 Å². The molecule has 1 aliphatic heterocycles. The molecule has 0 spiro atoms. The van der Waals surface area contributed by atoms with Gasteiger partial charge in [-0.05, 0) is 29.3 Å². The summed E-state index contributed by atoms with van der Waals surface area (Å²) < 4.78 is 11.1. The van der Waals surface area contributed by atoms with Crippen molar-refractivity contribution < 1.29 is 19.4 Å². The van der Waals surface area contributed by atoms with Gasteiger partial charge >= 0.3 is 6.09 Å². The highest BCUT2D eigenvalue weighted by molar-refractivity contribution is 5.69. The van der Waals surface area contributed by atoms with Crippen molar-refractivity contribution in [2.24, 2.45) is 5.41 Å². The van der Waals surface area contributed by atoms with Gasteiger partial charge in [0.25, 0.3) is 0 Å². The van der Waals surface area contributed by atoms with Gasteiger partial charge in [-0.3, -0.25) is 0 Å². The summed E-state index contributed by atoms with van der Waals surface area (Å²) in [5, 5.41) is 11.8. The first kappa shape index (κ1) is 16.2.